The fourth-order valence-electron chi connectivity index (χ4n) is 2.15. The van der Waals surface area contributed by atoms with Crippen LogP contribution in [0.25, 0.3) is 6.08 Å². The van der Waals surface area contributed by atoms with Crippen molar-refractivity contribution in [2.45, 2.75) is 0 Å². The van der Waals surface area contributed by atoms with Crippen molar-refractivity contribution in [1.29, 1.82) is 0 Å². The third-order valence-electron chi connectivity index (χ3n) is 3.25. The zero-order valence-electron chi connectivity index (χ0n) is 12.0. The number of anilines is 1. The Morgan fingerprint density at radius 3 is 2.48 bits per heavy atom. The first-order chi connectivity index (χ1) is 11.2. The van der Waals surface area contributed by atoms with Crippen LogP contribution in [-0.2, 0) is 4.79 Å². The summed E-state index contributed by atoms with van der Waals surface area (Å²) in [5, 5.41) is 9.92. The maximum absolute atomic E-state index is 12.5. The molecule has 5 heteroatoms. The molecule has 2 aromatic carbocycles. The van der Waals surface area contributed by atoms with E-state index in [9.17, 15) is 9.90 Å². The predicted molar refractivity (Wildman–Crippen MR) is 99.3 cm³/mol. The minimum Gasteiger partial charge on any atom is -0.506 e. The van der Waals surface area contributed by atoms with Crippen LogP contribution in [0, 0.1) is 0 Å². The molecule has 0 bridgehead atoms. The van der Waals surface area contributed by atoms with Gasteiger partial charge in [-0.15, -0.1) is 0 Å². The summed E-state index contributed by atoms with van der Waals surface area (Å²) in [7, 11) is 0. The normalized spacial score (nSPS) is 16.7. The minimum absolute atomic E-state index is 0.0323. The average Bonchev–Trinajstić information content (AvgIpc) is 2.83. The van der Waals surface area contributed by atoms with Crippen molar-refractivity contribution < 1.29 is 9.90 Å². The second-order valence-corrected chi connectivity index (χ2v) is 6.47. The van der Waals surface area contributed by atoms with Gasteiger partial charge in [-0.1, -0.05) is 78.6 Å². The number of benzene rings is 2. The van der Waals surface area contributed by atoms with Crippen LogP contribution in [0.1, 0.15) is 5.56 Å². The van der Waals surface area contributed by atoms with E-state index in [0.717, 1.165) is 5.56 Å². The zero-order chi connectivity index (χ0) is 16.2. The molecule has 1 N–H and O–H groups in total. The van der Waals surface area contributed by atoms with Crippen molar-refractivity contribution in [2.24, 2.45) is 0 Å². The van der Waals surface area contributed by atoms with Gasteiger partial charge < -0.3 is 5.11 Å². The Balaban J connectivity index is 1.83. The molecule has 0 spiro atoms. The molecule has 0 unspecified atom stereocenters. The van der Waals surface area contributed by atoms with Crippen molar-refractivity contribution in [1.82, 2.24) is 0 Å². The molecule has 0 atom stereocenters. The molecule has 1 fully saturated rings. The number of thioether (sulfide) groups is 1. The first-order valence-electron chi connectivity index (χ1n) is 6.94. The van der Waals surface area contributed by atoms with Crippen LogP contribution in [0.3, 0.4) is 0 Å². The number of hydrogen-bond acceptors (Lipinski definition) is 4. The van der Waals surface area contributed by atoms with Crippen LogP contribution in [-0.4, -0.2) is 15.3 Å². The van der Waals surface area contributed by atoms with Crippen molar-refractivity contribution in [3.8, 4) is 5.75 Å². The second-order valence-electron chi connectivity index (χ2n) is 4.80. The monoisotopic (exact) mass is 339 g/mol. The number of amides is 1. The molecule has 1 aliphatic heterocycles. The minimum atomic E-state index is -0.223. The average molecular weight is 339 g/mol. The third kappa shape index (κ3) is 3.36. The Morgan fingerprint density at radius 1 is 1.04 bits per heavy atom. The number of rotatable bonds is 3. The Labute approximate surface area is 143 Å². The first-order valence-corrected chi connectivity index (χ1v) is 8.17. The lowest BCUT2D eigenvalue weighted by atomic mass is 10.2. The molecule has 0 saturated carbocycles. The number of phenols is 1. The fraction of sp³-hybridized carbons (Fsp3) is 0. The number of nitrogens with zero attached hydrogens (tertiary/aromatic N) is 1. The summed E-state index contributed by atoms with van der Waals surface area (Å²) in [4.78, 5) is 14.4. The molecule has 114 valence electrons. The number of para-hydroxylation sites is 2. The number of allylic oxidation sites excluding steroid dienone is 2. The molecule has 0 aliphatic carbocycles. The molecule has 0 aromatic heterocycles. The van der Waals surface area contributed by atoms with Crippen molar-refractivity contribution in [3.05, 3.63) is 77.2 Å². The maximum Gasteiger partial charge on any atom is 0.270 e. The maximum atomic E-state index is 12.5. The van der Waals surface area contributed by atoms with Crippen LogP contribution in [0.4, 0.5) is 5.69 Å². The fourth-order valence-corrected chi connectivity index (χ4v) is 3.39. The topological polar surface area (TPSA) is 40.5 Å². The Kier molecular flexibility index (Phi) is 4.60. The smallest absolute Gasteiger partial charge is 0.270 e. The van der Waals surface area contributed by atoms with Crippen LogP contribution in [0.15, 0.2) is 71.7 Å². The summed E-state index contributed by atoms with van der Waals surface area (Å²) in [5.74, 6) is -0.191. The van der Waals surface area contributed by atoms with Crippen LogP contribution in [0.2, 0.25) is 0 Å². The number of carbonyl (C=O) groups is 1. The Hall–Kier alpha value is -2.37. The lowest BCUT2D eigenvalue weighted by Crippen LogP contribution is -2.27. The molecule has 1 amide bonds. The SMILES string of the molecule is O=C1/C(=C/C=C\c2ccccc2)SC(=S)N1c1ccccc1O. The summed E-state index contributed by atoms with van der Waals surface area (Å²) < 4.78 is 0.413. The lowest BCUT2D eigenvalue weighted by molar-refractivity contribution is -0.113. The van der Waals surface area contributed by atoms with Gasteiger partial charge in [-0.3, -0.25) is 9.69 Å². The number of thiocarbonyl (C=S) groups is 1. The molecule has 23 heavy (non-hydrogen) atoms. The highest BCUT2D eigenvalue weighted by Gasteiger charge is 2.34. The van der Waals surface area contributed by atoms with Gasteiger partial charge in [0.2, 0.25) is 0 Å². The van der Waals surface area contributed by atoms with Gasteiger partial charge >= 0.3 is 0 Å². The van der Waals surface area contributed by atoms with E-state index in [1.807, 2.05) is 42.5 Å². The van der Waals surface area contributed by atoms with E-state index >= 15 is 0 Å². The van der Waals surface area contributed by atoms with E-state index < -0.39 is 0 Å². The molecule has 1 heterocycles. The van der Waals surface area contributed by atoms with Gasteiger partial charge in [0, 0.05) is 0 Å². The van der Waals surface area contributed by atoms with E-state index in [0.29, 0.717) is 14.9 Å². The summed E-state index contributed by atoms with van der Waals surface area (Å²) in [6.45, 7) is 0. The van der Waals surface area contributed by atoms with Gasteiger partial charge in [-0.05, 0) is 23.8 Å². The molecule has 1 saturated heterocycles. The van der Waals surface area contributed by atoms with Crippen LogP contribution >= 0.6 is 24.0 Å². The van der Waals surface area contributed by atoms with Gasteiger partial charge in [0.15, 0.2) is 4.32 Å². The highest BCUT2D eigenvalue weighted by atomic mass is 32.2. The lowest BCUT2D eigenvalue weighted by Gasteiger charge is -2.15. The van der Waals surface area contributed by atoms with Gasteiger partial charge in [-0.2, -0.15) is 0 Å². The van der Waals surface area contributed by atoms with Gasteiger partial charge in [0.05, 0.1) is 10.6 Å². The molecule has 3 rings (SSSR count). The van der Waals surface area contributed by atoms with Crippen molar-refractivity contribution in [2.75, 3.05) is 4.90 Å². The zero-order valence-corrected chi connectivity index (χ0v) is 13.7. The molecular weight excluding hydrogens is 326 g/mol. The Bertz CT molecular complexity index is 813. The number of aromatic hydroxyl groups is 1. The van der Waals surface area contributed by atoms with E-state index in [-0.39, 0.29) is 11.7 Å². The molecular formula is C18H13NO2S2. The largest absolute Gasteiger partial charge is 0.506 e. The highest BCUT2D eigenvalue weighted by Crippen LogP contribution is 2.38. The number of hydrogen-bond donors (Lipinski definition) is 1. The van der Waals surface area contributed by atoms with E-state index in [1.165, 1.54) is 22.7 Å². The van der Waals surface area contributed by atoms with E-state index in [1.54, 1.807) is 24.3 Å². The van der Waals surface area contributed by atoms with E-state index in [2.05, 4.69) is 0 Å². The summed E-state index contributed by atoms with van der Waals surface area (Å²) in [6, 6.07) is 16.5. The van der Waals surface area contributed by atoms with E-state index in [4.69, 9.17) is 12.2 Å². The summed E-state index contributed by atoms with van der Waals surface area (Å²) >= 11 is 6.50. The first kappa shape index (κ1) is 15.5. The Morgan fingerprint density at radius 2 is 1.74 bits per heavy atom. The van der Waals surface area contributed by atoms with Crippen LogP contribution in [0.5, 0.6) is 5.75 Å². The van der Waals surface area contributed by atoms with Crippen LogP contribution < -0.4 is 4.90 Å². The highest BCUT2D eigenvalue weighted by molar-refractivity contribution is 8.27. The second kappa shape index (κ2) is 6.81. The van der Waals surface area contributed by atoms with Crippen molar-refractivity contribution in [3.63, 3.8) is 0 Å². The standard InChI is InChI=1S/C18H13NO2S2/c20-15-11-5-4-10-14(15)19-17(21)16(23-18(19)22)12-6-9-13-7-2-1-3-8-13/h1-12,20H/b9-6-,16-12-. The number of phenolic OH excluding ortho intramolecular Hbond substituents is 1. The van der Waals surface area contributed by atoms with Gasteiger partial charge in [-0.25, -0.2) is 0 Å². The van der Waals surface area contributed by atoms with Crippen molar-refractivity contribution >= 4 is 46.0 Å². The molecule has 0 radical (unpaired) electrons. The van der Waals surface area contributed by atoms with Gasteiger partial charge in [0.1, 0.15) is 5.75 Å². The molecule has 2 aromatic rings. The third-order valence-corrected chi connectivity index (χ3v) is 4.57. The quantitative estimate of drug-likeness (QED) is 0.666. The summed E-state index contributed by atoms with van der Waals surface area (Å²) in [5.41, 5.74) is 1.46. The summed E-state index contributed by atoms with van der Waals surface area (Å²) in [6.07, 6.45) is 5.49. The predicted octanol–water partition coefficient (Wildman–Crippen LogP) is 4.35. The number of carbonyl (C=O) groups excluding carboxylic acids is 1. The molecule has 1 aliphatic rings. The molecule has 3 nitrogen and oxygen atoms in total. The van der Waals surface area contributed by atoms with Gasteiger partial charge in [0.25, 0.3) is 5.91 Å².